The quantitative estimate of drug-likeness (QED) is 0.638. The van der Waals surface area contributed by atoms with Gasteiger partial charge in [0.05, 0.1) is 11.0 Å². The Hall–Kier alpha value is -0.0900. The normalized spacial score (nSPS) is 14.3. The molecule has 0 aromatic rings. The fraction of sp³-hybridized carbons (Fsp3) is 1.00. The van der Waals surface area contributed by atoms with Gasteiger partial charge in [-0.15, -0.1) is 0 Å². The second kappa shape index (κ2) is 8.07. The topological polar surface area (TPSA) is 46.2 Å². The lowest BCUT2D eigenvalue weighted by atomic mass is 10.1. The number of nitrogens with one attached hydrogen (secondary N) is 1. The Bertz CT molecular complexity index is 260. The molecule has 0 bridgehead atoms. The highest BCUT2D eigenvalue weighted by atomic mass is 32.2. The molecule has 0 heterocycles. The Morgan fingerprint density at radius 3 is 2.19 bits per heavy atom. The van der Waals surface area contributed by atoms with Crippen LogP contribution in [-0.2, 0) is 9.84 Å². The average molecular weight is 249 g/mol. The second-order valence-corrected chi connectivity index (χ2v) is 7.36. The summed E-state index contributed by atoms with van der Waals surface area (Å²) in [6.45, 7) is 5.68. The minimum absolute atomic E-state index is 0.233. The van der Waals surface area contributed by atoms with Crippen LogP contribution in [0.25, 0.3) is 0 Å². The first-order chi connectivity index (χ1) is 7.44. The van der Waals surface area contributed by atoms with E-state index in [4.69, 9.17) is 0 Å². The van der Waals surface area contributed by atoms with Crippen LogP contribution < -0.4 is 5.32 Å². The molecule has 3 nitrogen and oxygen atoms in total. The van der Waals surface area contributed by atoms with Crippen molar-refractivity contribution in [2.45, 2.75) is 64.2 Å². The van der Waals surface area contributed by atoms with E-state index in [9.17, 15) is 8.42 Å². The Morgan fingerprint density at radius 1 is 1.12 bits per heavy atom. The van der Waals surface area contributed by atoms with E-state index >= 15 is 0 Å². The summed E-state index contributed by atoms with van der Waals surface area (Å²) in [5, 5.41) is 3.04. The van der Waals surface area contributed by atoms with Crippen molar-refractivity contribution in [1.82, 2.24) is 5.32 Å². The maximum atomic E-state index is 11.6. The van der Waals surface area contributed by atoms with E-state index in [0.717, 1.165) is 19.3 Å². The van der Waals surface area contributed by atoms with E-state index in [1.54, 1.807) is 13.8 Å². The van der Waals surface area contributed by atoms with Gasteiger partial charge in [0.1, 0.15) is 0 Å². The third-order valence-electron chi connectivity index (χ3n) is 3.00. The van der Waals surface area contributed by atoms with Gasteiger partial charge in [0, 0.05) is 6.04 Å². The molecule has 0 aliphatic carbocycles. The first-order valence-electron chi connectivity index (χ1n) is 6.32. The van der Waals surface area contributed by atoms with E-state index in [-0.39, 0.29) is 5.25 Å². The van der Waals surface area contributed by atoms with E-state index in [0.29, 0.717) is 11.8 Å². The van der Waals surface area contributed by atoms with Gasteiger partial charge in [0.2, 0.25) is 0 Å². The second-order valence-electron chi connectivity index (χ2n) is 4.69. The molecule has 1 unspecified atom stereocenters. The summed E-state index contributed by atoms with van der Waals surface area (Å²) < 4.78 is 23.1. The molecule has 0 saturated heterocycles. The number of hydrogen-bond acceptors (Lipinski definition) is 3. The van der Waals surface area contributed by atoms with E-state index in [1.807, 2.05) is 7.05 Å². The van der Waals surface area contributed by atoms with Gasteiger partial charge in [-0.05, 0) is 40.2 Å². The van der Waals surface area contributed by atoms with Crippen LogP contribution in [0.3, 0.4) is 0 Å². The number of unbranched alkanes of at least 4 members (excludes halogenated alkanes) is 1. The maximum absolute atomic E-state index is 11.6. The van der Waals surface area contributed by atoms with E-state index in [1.165, 1.54) is 12.8 Å². The zero-order chi connectivity index (χ0) is 12.6. The number of hydrogen-bond donors (Lipinski definition) is 1. The Kier molecular flexibility index (Phi) is 8.02. The molecule has 0 aromatic heterocycles. The van der Waals surface area contributed by atoms with Crippen molar-refractivity contribution in [3.63, 3.8) is 0 Å². The van der Waals surface area contributed by atoms with Crippen molar-refractivity contribution in [3.05, 3.63) is 0 Å². The third-order valence-corrected chi connectivity index (χ3v) is 5.29. The van der Waals surface area contributed by atoms with Crippen molar-refractivity contribution >= 4 is 9.84 Å². The van der Waals surface area contributed by atoms with Crippen LogP contribution in [0.2, 0.25) is 0 Å². The summed E-state index contributed by atoms with van der Waals surface area (Å²) in [7, 11) is -0.858. The molecule has 98 valence electrons. The summed E-state index contributed by atoms with van der Waals surface area (Å²) >= 11 is 0. The van der Waals surface area contributed by atoms with Crippen LogP contribution in [0.1, 0.15) is 52.9 Å². The molecule has 0 aliphatic rings. The summed E-state index contributed by atoms with van der Waals surface area (Å²) in [6.07, 6.45) is 5.22. The molecule has 0 amide bonds. The Labute approximate surface area is 101 Å². The van der Waals surface area contributed by atoms with Gasteiger partial charge in [0.25, 0.3) is 0 Å². The first-order valence-corrected chi connectivity index (χ1v) is 8.04. The molecule has 0 saturated carbocycles. The van der Waals surface area contributed by atoms with Crippen LogP contribution >= 0.6 is 0 Å². The molecule has 0 aromatic carbocycles. The van der Waals surface area contributed by atoms with Crippen LogP contribution in [0.5, 0.6) is 0 Å². The monoisotopic (exact) mass is 249 g/mol. The smallest absolute Gasteiger partial charge is 0.152 e. The fourth-order valence-corrected chi connectivity index (χ4v) is 2.79. The molecule has 16 heavy (non-hydrogen) atoms. The van der Waals surface area contributed by atoms with Crippen molar-refractivity contribution in [1.29, 1.82) is 0 Å². The lowest BCUT2D eigenvalue weighted by Crippen LogP contribution is -2.25. The summed E-state index contributed by atoms with van der Waals surface area (Å²) in [5.74, 6) is 0.341. The minimum Gasteiger partial charge on any atom is -0.317 e. The van der Waals surface area contributed by atoms with Gasteiger partial charge in [-0.2, -0.15) is 0 Å². The predicted molar refractivity (Wildman–Crippen MR) is 70.5 cm³/mol. The number of sulfone groups is 1. The molecule has 0 radical (unpaired) electrons. The van der Waals surface area contributed by atoms with Gasteiger partial charge in [-0.25, -0.2) is 8.42 Å². The first kappa shape index (κ1) is 15.9. The molecular weight excluding hydrogens is 222 g/mol. The molecular formula is C12H27NO2S. The van der Waals surface area contributed by atoms with Gasteiger partial charge in [-0.3, -0.25) is 0 Å². The highest BCUT2D eigenvalue weighted by Crippen LogP contribution is 2.09. The van der Waals surface area contributed by atoms with Crippen LogP contribution in [-0.4, -0.2) is 32.5 Å². The van der Waals surface area contributed by atoms with Crippen molar-refractivity contribution in [3.8, 4) is 0 Å². The lowest BCUT2D eigenvalue weighted by Gasteiger charge is -2.15. The maximum Gasteiger partial charge on any atom is 0.152 e. The summed E-state index contributed by atoms with van der Waals surface area (Å²) in [5.41, 5.74) is 0. The standard InChI is InChI=1S/C12H27NO2S/c1-5-8-12(13-4)9-6-7-10-16(14,15)11(2)3/h11-13H,5-10H2,1-4H3. The fourth-order valence-electron chi connectivity index (χ4n) is 1.71. The summed E-state index contributed by atoms with van der Waals surface area (Å²) in [6, 6.07) is 0.548. The SMILES string of the molecule is CCCC(CCCCS(=O)(=O)C(C)C)NC. The van der Waals surface area contributed by atoms with E-state index < -0.39 is 9.84 Å². The molecule has 1 atom stereocenters. The zero-order valence-corrected chi connectivity index (χ0v) is 11.9. The van der Waals surface area contributed by atoms with Gasteiger partial charge < -0.3 is 5.32 Å². The molecule has 0 aliphatic heterocycles. The van der Waals surface area contributed by atoms with Crippen molar-refractivity contribution < 1.29 is 8.42 Å². The largest absolute Gasteiger partial charge is 0.317 e. The van der Waals surface area contributed by atoms with Crippen LogP contribution in [0.4, 0.5) is 0 Å². The summed E-state index contributed by atoms with van der Waals surface area (Å²) in [4.78, 5) is 0. The van der Waals surface area contributed by atoms with Crippen LogP contribution in [0, 0.1) is 0 Å². The molecule has 0 spiro atoms. The minimum atomic E-state index is -2.84. The zero-order valence-electron chi connectivity index (χ0n) is 11.1. The van der Waals surface area contributed by atoms with Gasteiger partial charge in [0.15, 0.2) is 9.84 Å². The molecule has 0 rings (SSSR count). The van der Waals surface area contributed by atoms with E-state index in [2.05, 4.69) is 12.2 Å². The Balaban J connectivity index is 3.75. The lowest BCUT2D eigenvalue weighted by molar-refractivity contribution is 0.466. The Morgan fingerprint density at radius 2 is 1.75 bits per heavy atom. The third kappa shape index (κ3) is 6.48. The number of rotatable bonds is 9. The van der Waals surface area contributed by atoms with Crippen molar-refractivity contribution in [2.24, 2.45) is 0 Å². The highest BCUT2D eigenvalue weighted by molar-refractivity contribution is 7.91. The molecule has 0 fully saturated rings. The predicted octanol–water partition coefficient (Wildman–Crippen LogP) is 2.37. The molecule has 4 heteroatoms. The van der Waals surface area contributed by atoms with Crippen LogP contribution in [0.15, 0.2) is 0 Å². The van der Waals surface area contributed by atoms with Gasteiger partial charge in [-0.1, -0.05) is 19.8 Å². The highest BCUT2D eigenvalue weighted by Gasteiger charge is 2.15. The van der Waals surface area contributed by atoms with Gasteiger partial charge >= 0.3 is 0 Å². The molecule has 1 N–H and O–H groups in total. The average Bonchev–Trinajstić information content (AvgIpc) is 2.22. The van der Waals surface area contributed by atoms with Crippen molar-refractivity contribution in [2.75, 3.05) is 12.8 Å².